The molecule has 0 bridgehead atoms. The van der Waals surface area contributed by atoms with Gasteiger partial charge in [0.2, 0.25) is 5.91 Å². The topological polar surface area (TPSA) is 71.0 Å². The number of amides is 1. The lowest BCUT2D eigenvalue weighted by Crippen LogP contribution is -2.38. The van der Waals surface area contributed by atoms with E-state index >= 15 is 0 Å². The normalized spacial score (nSPS) is 17.6. The summed E-state index contributed by atoms with van der Waals surface area (Å²) < 4.78 is 5.12. The van der Waals surface area contributed by atoms with Crippen LogP contribution < -0.4 is 5.32 Å². The molecule has 0 saturated heterocycles. The molecule has 2 atom stereocenters. The molecule has 2 aromatic carbocycles. The van der Waals surface area contributed by atoms with Crippen molar-refractivity contribution in [1.29, 1.82) is 0 Å². The van der Waals surface area contributed by atoms with Crippen molar-refractivity contribution in [2.75, 3.05) is 7.11 Å². The van der Waals surface area contributed by atoms with Gasteiger partial charge >= 0.3 is 5.97 Å². The van der Waals surface area contributed by atoms with Gasteiger partial charge in [-0.1, -0.05) is 72.4 Å². The maximum Gasteiger partial charge on any atom is 0.338 e. The summed E-state index contributed by atoms with van der Waals surface area (Å²) in [5, 5.41) is 9.97. The second-order valence-electron chi connectivity index (χ2n) is 8.84. The molecule has 2 aliphatic heterocycles. The molecule has 1 N–H and O–H groups in total. The lowest BCUT2D eigenvalue weighted by atomic mass is 9.95. The van der Waals surface area contributed by atoms with Gasteiger partial charge in [-0.2, -0.15) is 11.3 Å². The second kappa shape index (κ2) is 11.2. The first kappa shape index (κ1) is 25.0. The monoisotopic (exact) mass is 529 g/mol. The molecule has 0 radical (unpaired) electrons. The van der Waals surface area contributed by atoms with Gasteiger partial charge in [0.05, 0.1) is 36.9 Å². The van der Waals surface area contributed by atoms with E-state index in [2.05, 4.69) is 22.4 Å². The van der Waals surface area contributed by atoms with E-state index in [1.54, 1.807) is 11.3 Å². The number of ether oxygens (including phenoxy) is 1. The smallest absolute Gasteiger partial charge is 0.338 e. The van der Waals surface area contributed by atoms with E-state index in [0.717, 1.165) is 27.6 Å². The first-order valence-corrected chi connectivity index (χ1v) is 13.8. The average molecular weight is 530 g/mol. The van der Waals surface area contributed by atoms with Crippen LogP contribution in [0.4, 0.5) is 0 Å². The summed E-state index contributed by atoms with van der Waals surface area (Å²) in [5.41, 5.74) is 5.10. The third-order valence-corrected chi connectivity index (χ3v) is 8.02. The maximum atomic E-state index is 13.4. The Hall–Kier alpha value is -3.62. The molecule has 37 heavy (non-hydrogen) atoms. The Bertz CT molecular complexity index is 1370. The average Bonchev–Trinajstić information content (AvgIpc) is 3.59. The van der Waals surface area contributed by atoms with Gasteiger partial charge < -0.3 is 15.0 Å². The number of carbonyl (C=O) groups excluding carboxylic acids is 2. The zero-order valence-corrected chi connectivity index (χ0v) is 22.2. The van der Waals surface area contributed by atoms with E-state index < -0.39 is 12.0 Å². The van der Waals surface area contributed by atoms with Crippen LogP contribution in [0.25, 0.3) is 0 Å². The summed E-state index contributed by atoms with van der Waals surface area (Å²) in [4.78, 5) is 32.9. The Morgan fingerprint density at radius 2 is 1.81 bits per heavy atom. The maximum absolute atomic E-state index is 13.4. The summed E-state index contributed by atoms with van der Waals surface area (Å²) in [5.74, 6) is -0.503. The second-order valence-corrected chi connectivity index (χ2v) is 10.5. The van der Waals surface area contributed by atoms with Crippen molar-refractivity contribution in [3.05, 3.63) is 117 Å². The third-order valence-electron chi connectivity index (χ3n) is 6.43. The van der Waals surface area contributed by atoms with E-state index in [-0.39, 0.29) is 18.4 Å². The number of allylic oxidation sites excluding steroid dienone is 1. The van der Waals surface area contributed by atoms with E-state index in [1.807, 2.05) is 82.6 Å². The predicted octanol–water partition coefficient (Wildman–Crippen LogP) is 5.99. The number of carbonyl (C=O) groups is 2. The highest BCUT2D eigenvalue weighted by Crippen LogP contribution is 2.45. The van der Waals surface area contributed by atoms with Crippen LogP contribution >= 0.6 is 23.1 Å². The fraction of sp³-hybridized carbons (Fsp3) is 0.207. The van der Waals surface area contributed by atoms with Crippen LogP contribution in [0.5, 0.6) is 0 Å². The SMILES string of the molecule is COC(=O)C1=C(C)N=C2SC=C(CC(=O)N[C@@H](Cc3ccccc3)c3ccccc3)N2[C@@H]1c1ccsc1. The first-order valence-electron chi connectivity index (χ1n) is 12.0. The van der Waals surface area contributed by atoms with Crippen molar-refractivity contribution in [3.63, 3.8) is 0 Å². The third kappa shape index (κ3) is 5.40. The highest BCUT2D eigenvalue weighted by atomic mass is 32.2. The Balaban J connectivity index is 1.39. The molecule has 5 rings (SSSR count). The molecule has 188 valence electrons. The Morgan fingerprint density at radius 3 is 2.49 bits per heavy atom. The van der Waals surface area contributed by atoms with Gasteiger partial charge in [-0.05, 0) is 52.3 Å². The van der Waals surface area contributed by atoms with Crippen LogP contribution in [0.3, 0.4) is 0 Å². The van der Waals surface area contributed by atoms with E-state index in [9.17, 15) is 9.59 Å². The molecule has 0 aliphatic carbocycles. The molecule has 0 spiro atoms. The van der Waals surface area contributed by atoms with Gasteiger partial charge in [-0.15, -0.1) is 0 Å². The Kier molecular flexibility index (Phi) is 7.58. The van der Waals surface area contributed by atoms with Gasteiger partial charge in [-0.25, -0.2) is 9.79 Å². The molecule has 0 fully saturated rings. The minimum atomic E-state index is -0.413. The molecule has 3 heterocycles. The molecule has 2 aliphatic rings. The quantitative estimate of drug-likeness (QED) is 0.363. The van der Waals surface area contributed by atoms with Crippen LogP contribution in [0.2, 0.25) is 0 Å². The molecular weight excluding hydrogens is 502 g/mol. The molecule has 3 aromatic rings. The molecule has 6 nitrogen and oxygen atoms in total. The highest BCUT2D eigenvalue weighted by molar-refractivity contribution is 8.16. The zero-order chi connectivity index (χ0) is 25.8. The van der Waals surface area contributed by atoms with Gasteiger partial charge in [-0.3, -0.25) is 4.79 Å². The number of nitrogens with one attached hydrogen (secondary N) is 1. The minimum absolute atomic E-state index is 0.0900. The number of thioether (sulfide) groups is 1. The van der Waals surface area contributed by atoms with Crippen molar-refractivity contribution in [2.24, 2.45) is 4.99 Å². The summed E-state index contributed by atoms with van der Waals surface area (Å²) in [6.07, 6.45) is 0.852. The largest absolute Gasteiger partial charge is 0.466 e. The fourth-order valence-corrected chi connectivity index (χ4v) is 6.33. The number of amidine groups is 1. The number of nitrogens with zero attached hydrogens (tertiary/aromatic N) is 2. The summed E-state index contributed by atoms with van der Waals surface area (Å²) in [6, 6.07) is 21.6. The summed E-state index contributed by atoms with van der Waals surface area (Å²) in [6.45, 7) is 1.83. The molecular formula is C29H27N3O3S2. The van der Waals surface area contributed by atoms with Crippen molar-refractivity contribution in [1.82, 2.24) is 10.2 Å². The van der Waals surface area contributed by atoms with E-state index in [0.29, 0.717) is 17.7 Å². The number of hydrogen-bond donors (Lipinski definition) is 1. The predicted molar refractivity (Wildman–Crippen MR) is 149 cm³/mol. The van der Waals surface area contributed by atoms with Crippen LogP contribution in [0, 0.1) is 0 Å². The van der Waals surface area contributed by atoms with E-state index in [1.165, 1.54) is 18.9 Å². The molecule has 8 heteroatoms. The first-order chi connectivity index (χ1) is 18.0. The molecule has 0 unspecified atom stereocenters. The van der Waals surface area contributed by atoms with E-state index in [4.69, 9.17) is 4.74 Å². The van der Waals surface area contributed by atoms with Gasteiger partial charge in [0, 0.05) is 5.70 Å². The fourth-order valence-electron chi connectivity index (χ4n) is 4.68. The Morgan fingerprint density at radius 1 is 1.08 bits per heavy atom. The van der Waals surface area contributed by atoms with Gasteiger partial charge in [0.25, 0.3) is 0 Å². The van der Waals surface area contributed by atoms with Crippen molar-refractivity contribution >= 4 is 40.1 Å². The lowest BCUT2D eigenvalue weighted by Gasteiger charge is -2.35. The highest BCUT2D eigenvalue weighted by Gasteiger charge is 2.41. The van der Waals surface area contributed by atoms with Crippen molar-refractivity contribution < 1.29 is 14.3 Å². The minimum Gasteiger partial charge on any atom is -0.466 e. The molecule has 0 saturated carbocycles. The zero-order valence-electron chi connectivity index (χ0n) is 20.6. The summed E-state index contributed by atoms with van der Waals surface area (Å²) in [7, 11) is 1.38. The van der Waals surface area contributed by atoms with Crippen molar-refractivity contribution in [3.8, 4) is 0 Å². The number of benzene rings is 2. The summed E-state index contributed by atoms with van der Waals surface area (Å²) >= 11 is 3.04. The number of thiophene rings is 1. The van der Waals surface area contributed by atoms with Gasteiger partial charge in [0.1, 0.15) is 0 Å². The van der Waals surface area contributed by atoms with Crippen LogP contribution in [0.15, 0.2) is 105 Å². The number of fused-ring (bicyclic) bond motifs is 1. The lowest BCUT2D eigenvalue weighted by molar-refractivity contribution is -0.136. The number of esters is 1. The molecule has 1 amide bonds. The number of aliphatic imine (C=N–C) groups is 1. The number of rotatable bonds is 8. The number of hydrogen-bond acceptors (Lipinski definition) is 7. The van der Waals surface area contributed by atoms with Crippen LogP contribution in [-0.4, -0.2) is 29.1 Å². The van der Waals surface area contributed by atoms with Crippen LogP contribution in [0.1, 0.15) is 42.1 Å². The molecule has 1 aromatic heterocycles. The number of methoxy groups -OCH3 is 1. The Labute approximate surface area is 224 Å². The standard InChI is InChI=1S/C29H27N3O3S2/c1-19-26(28(34)35-2)27(22-13-14-36-17-22)32-23(18-37-29(32)30-19)16-25(33)31-24(21-11-7-4-8-12-21)15-20-9-5-3-6-10-20/h3-14,17-18,24,27H,15-16H2,1-2H3,(H,31,33)/t24-,27+/m0/s1. The van der Waals surface area contributed by atoms with Crippen molar-refractivity contribution in [2.45, 2.75) is 31.8 Å². The van der Waals surface area contributed by atoms with Crippen LogP contribution in [-0.2, 0) is 20.7 Å². The van der Waals surface area contributed by atoms with Gasteiger partial charge in [0.15, 0.2) is 5.17 Å².